The van der Waals surface area contributed by atoms with Crippen molar-refractivity contribution in [3.63, 3.8) is 0 Å². The van der Waals surface area contributed by atoms with Crippen LogP contribution in [0.2, 0.25) is 0 Å². The van der Waals surface area contributed by atoms with Crippen LogP contribution in [0, 0.1) is 5.92 Å². The maximum atomic E-state index is 13.0. The third kappa shape index (κ3) is 6.77. The number of benzene rings is 1. The zero-order valence-corrected chi connectivity index (χ0v) is 23.4. The quantitative estimate of drug-likeness (QED) is 0.378. The molecule has 0 bridgehead atoms. The number of hydrogen-bond donors (Lipinski definition) is 4. The summed E-state index contributed by atoms with van der Waals surface area (Å²) in [7, 11) is 3.02. The molecule has 2 aromatic rings. The van der Waals surface area contributed by atoms with E-state index in [0.29, 0.717) is 25.4 Å². The first-order valence-electron chi connectivity index (χ1n) is 14.0. The minimum absolute atomic E-state index is 0.0841. The maximum Gasteiger partial charge on any atom is 0.270 e. The lowest BCUT2D eigenvalue weighted by Gasteiger charge is -2.35. The number of hydrogen-bond acceptors (Lipinski definition) is 8. The van der Waals surface area contributed by atoms with E-state index >= 15 is 0 Å². The van der Waals surface area contributed by atoms with Crippen molar-refractivity contribution >= 4 is 17.6 Å². The van der Waals surface area contributed by atoms with E-state index in [-0.39, 0.29) is 28.7 Å². The van der Waals surface area contributed by atoms with Crippen LogP contribution in [0.3, 0.4) is 0 Å². The van der Waals surface area contributed by atoms with Crippen LogP contribution in [0.15, 0.2) is 41.0 Å². The highest BCUT2D eigenvalue weighted by atomic mass is 16.2. The second-order valence-electron chi connectivity index (χ2n) is 10.4. The lowest BCUT2D eigenvalue weighted by molar-refractivity contribution is -0.116. The van der Waals surface area contributed by atoms with Crippen molar-refractivity contribution in [2.45, 2.75) is 58.0 Å². The largest absolute Gasteiger partial charge is 0.370 e. The van der Waals surface area contributed by atoms with Gasteiger partial charge in [0.05, 0.1) is 6.42 Å². The molecule has 1 fully saturated rings. The van der Waals surface area contributed by atoms with Gasteiger partial charge >= 0.3 is 0 Å². The van der Waals surface area contributed by atoms with Gasteiger partial charge in [0.25, 0.3) is 11.8 Å². The van der Waals surface area contributed by atoms with Gasteiger partial charge in [0.2, 0.25) is 5.62 Å². The minimum Gasteiger partial charge on any atom is -0.370 e. The number of allylic oxidation sites excluding steroid dienone is 2. The number of carbonyl (C=O) groups excluding carboxylic acids is 3. The summed E-state index contributed by atoms with van der Waals surface area (Å²) in [5.41, 5.74) is 9.38. The number of nitrogen functional groups attached to an aromatic ring is 1. The van der Waals surface area contributed by atoms with Gasteiger partial charge in [-0.3, -0.25) is 19.4 Å². The standard InChI is InChI=1S/C28H35N7O3.CH5N/c1-30-28-33-24(14-25(35(28)29)27(38)32-15-18-5-3-2-4-6-18)26(37)31-16-19-7-8-20-9-10-34(17-21(20)11-19)22-12-23(36)13-22;1-2/h7-8,11-12,14,18H,2-6,9-10,13,15-17,29H2,1H3,(H,31,37)(H,32,38);2H2,1H3. The molecule has 0 unspecified atom stereocenters. The number of amides is 2. The molecule has 1 aromatic heterocycles. The molecule has 2 amide bonds. The maximum absolute atomic E-state index is 13.0. The highest BCUT2D eigenvalue weighted by Gasteiger charge is 2.25. The van der Waals surface area contributed by atoms with Gasteiger partial charge in [-0.2, -0.15) is 0 Å². The first kappa shape index (κ1) is 29.0. The van der Waals surface area contributed by atoms with Gasteiger partial charge in [0, 0.05) is 51.1 Å². The molecule has 40 heavy (non-hydrogen) atoms. The first-order chi connectivity index (χ1) is 19.4. The van der Waals surface area contributed by atoms with Crippen molar-refractivity contribution in [1.29, 1.82) is 0 Å². The van der Waals surface area contributed by atoms with Crippen LogP contribution in [0.25, 0.3) is 0 Å². The number of nitrogens with one attached hydrogen (secondary N) is 2. The Morgan fingerprint density at radius 2 is 1.82 bits per heavy atom. The molecule has 214 valence electrons. The molecular weight excluding hydrogens is 508 g/mol. The molecule has 0 radical (unpaired) electrons. The van der Waals surface area contributed by atoms with Crippen molar-refractivity contribution in [3.8, 4) is 0 Å². The molecule has 5 rings (SSSR count). The summed E-state index contributed by atoms with van der Waals surface area (Å²) in [5, 5.41) is 5.88. The third-order valence-electron chi connectivity index (χ3n) is 7.74. The predicted molar refractivity (Wildman–Crippen MR) is 152 cm³/mol. The molecule has 2 heterocycles. The van der Waals surface area contributed by atoms with E-state index in [4.69, 9.17) is 5.84 Å². The average Bonchev–Trinajstić information content (AvgIpc) is 2.98. The van der Waals surface area contributed by atoms with Crippen LogP contribution in [0.1, 0.15) is 76.2 Å². The smallest absolute Gasteiger partial charge is 0.270 e. The zero-order valence-electron chi connectivity index (χ0n) is 23.4. The fourth-order valence-corrected chi connectivity index (χ4v) is 5.45. The molecule has 3 aliphatic rings. The normalized spacial score (nSPS) is 17.2. The number of aromatic nitrogens is 2. The molecule has 1 aromatic carbocycles. The summed E-state index contributed by atoms with van der Waals surface area (Å²) >= 11 is 0. The van der Waals surface area contributed by atoms with Crippen LogP contribution >= 0.6 is 0 Å². The Bertz CT molecular complexity index is 1360. The Morgan fingerprint density at radius 1 is 1.07 bits per heavy atom. The summed E-state index contributed by atoms with van der Waals surface area (Å²) in [6.45, 7) is 2.57. The van der Waals surface area contributed by atoms with Gasteiger partial charge in [-0.25, -0.2) is 9.66 Å². The van der Waals surface area contributed by atoms with E-state index in [1.807, 2.05) is 6.07 Å². The number of nitrogens with zero attached hydrogens (tertiary/aromatic N) is 4. The highest BCUT2D eigenvalue weighted by Crippen LogP contribution is 2.28. The average molecular weight is 549 g/mol. The Morgan fingerprint density at radius 3 is 2.52 bits per heavy atom. The molecule has 0 atom stereocenters. The molecule has 1 aliphatic heterocycles. The van der Waals surface area contributed by atoms with E-state index in [9.17, 15) is 14.4 Å². The van der Waals surface area contributed by atoms with Gasteiger partial charge < -0.3 is 27.1 Å². The molecule has 11 nitrogen and oxygen atoms in total. The fourth-order valence-electron chi connectivity index (χ4n) is 5.45. The number of rotatable bonds is 7. The van der Waals surface area contributed by atoms with E-state index in [1.54, 1.807) is 6.08 Å². The van der Waals surface area contributed by atoms with Gasteiger partial charge in [0.15, 0.2) is 5.78 Å². The van der Waals surface area contributed by atoms with Crippen LogP contribution in [0.5, 0.6) is 0 Å². The summed E-state index contributed by atoms with van der Waals surface area (Å²) in [5.74, 6) is 5.99. The van der Waals surface area contributed by atoms with Crippen LogP contribution in [0.4, 0.5) is 0 Å². The summed E-state index contributed by atoms with van der Waals surface area (Å²) in [6.07, 6.45) is 9.02. The molecule has 2 aliphatic carbocycles. The van der Waals surface area contributed by atoms with Crippen molar-refractivity contribution in [2.75, 3.05) is 33.0 Å². The third-order valence-corrected chi connectivity index (χ3v) is 7.74. The lowest BCUT2D eigenvalue weighted by atomic mass is 9.89. The Hall–Kier alpha value is -3.99. The molecule has 0 spiro atoms. The SMILES string of the molecule is CN.CN=c1nc(C(=O)NCc2ccc3c(c2)CN(C2=CC(=O)C2)CC3)cc(C(=O)NCC2CCCCC2)n1N. The van der Waals surface area contributed by atoms with Crippen molar-refractivity contribution < 1.29 is 14.4 Å². The van der Waals surface area contributed by atoms with Gasteiger partial charge in [-0.1, -0.05) is 37.5 Å². The van der Waals surface area contributed by atoms with E-state index in [2.05, 4.69) is 43.4 Å². The van der Waals surface area contributed by atoms with E-state index in [0.717, 1.165) is 48.3 Å². The van der Waals surface area contributed by atoms with E-state index in [1.165, 1.54) is 50.6 Å². The second-order valence-corrected chi connectivity index (χ2v) is 10.4. The number of nitrogens with two attached hydrogens (primary N) is 2. The fraction of sp³-hybridized carbons (Fsp3) is 0.483. The molecule has 11 heteroatoms. The zero-order chi connectivity index (χ0) is 28.6. The first-order valence-corrected chi connectivity index (χ1v) is 14.0. The Balaban J connectivity index is 0.00000181. The highest BCUT2D eigenvalue weighted by molar-refractivity contribution is 5.98. The number of ketones is 1. The summed E-state index contributed by atoms with van der Waals surface area (Å²) in [4.78, 5) is 47.9. The van der Waals surface area contributed by atoms with Crippen LogP contribution in [-0.4, -0.2) is 59.3 Å². The van der Waals surface area contributed by atoms with Gasteiger partial charge in [0.1, 0.15) is 11.4 Å². The molecule has 1 saturated carbocycles. The second kappa shape index (κ2) is 13.4. The number of carbonyl (C=O) groups is 3. The van der Waals surface area contributed by atoms with Gasteiger partial charge in [-0.05, 0) is 48.9 Å². The van der Waals surface area contributed by atoms with Crippen LogP contribution < -0.4 is 27.8 Å². The molecule has 0 saturated heterocycles. The molecule has 6 N–H and O–H groups in total. The monoisotopic (exact) mass is 548 g/mol. The van der Waals surface area contributed by atoms with Crippen LogP contribution in [-0.2, 0) is 24.3 Å². The summed E-state index contributed by atoms with van der Waals surface area (Å²) < 4.78 is 1.12. The summed E-state index contributed by atoms with van der Waals surface area (Å²) in [6, 6.07) is 7.64. The molecular formula is C29H40N8O3. The van der Waals surface area contributed by atoms with Crippen molar-refractivity contribution in [3.05, 3.63) is 69.7 Å². The lowest BCUT2D eigenvalue weighted by Crippen LogP contribution is -2.41. The van der Waals surface area contributed by atoms with E-state index < -0.39 is 5.91 Å². The Labute approximate surface area is 234 Å². The minimum atomic E-state index is -0.408. The topological polar surface area (TPSA) is 161 Å². The predicted octanol–water partition coefficient (Wildman–Crippen LogP) is 1.16. The number of fused-ring (bicyclic) bond motifs is 1. The van der Waals surface area contributed by atoms with Gasteiger partial charge in [-0.15, -0.1) is 0 Å². The van der Waals surface area contributed by atoms with Crippen molar-refractivity contribution in [2.24, 2.45) is 16.6 Å². The van der Waals surface area contributed by atoms with Crippen molar-refractivity contribution in [1.82, 2.24) is 25.2 Å². The Kier molecular flexibility index (Phi) is 9.70.